The van der Waals surface area contributed by atoms with Crippen LogP contribution >= 0.6 is 11.6 Å². The minimum Gasteiger partial charge on any atom is -0.381 e. The first-order chi connectivity index (χ1) is 9.20. The molecule has 1 fully saturated rings. The fourth-order valence-electron chi connectivity index (χ4n) is 2.97. The van der Waals surface area contributed by atoms with Crippen molar-refractivity contribution in [2.24, 2.45) is 5.92 Å². The summed E-state index contributed by atoms with van der Waals surface area (Å²) >= 11 is 6.10. The van der Waals surface area contributed by atoms with E-state index >= 15 is 0 Å². The second kappa shape index (κ2) is 5.14. The smallest absolute Gasteiger partial charge is 0.125 e. The Labute approximate surface area is 118 Å². The second-order valence-electron chi connectivity index (χ2n) is 5.43. The third kappa shape index (κ3) is 2.26. The molecule has 0 aliphatic carbocycles. The predicted octanol–water partition coefficient (Wildman–Crippen LogP) is 3.68. The molecular weight excluding hydrogens is 260 g/mol. The Balaban J connectivity index is 2.16. The van der Waals surface area contributed by atoms with Crippen LogP contribution in [0.25, 0.3) is 11.0 Å². The van der Waals surface area contributed by atoms with E-state index in [4.69, 9.17) is 16.3 Å². The first-order valence-corrected chi connectivity index (χ1v) is 7.35. The Morgan fingerprint density at radius 1 is 1.47 bits per heavy atom. The molecule has 2 heterocycles. The molecule has 2 unspecified atom stereocenters. The van der Waals surface area contributed by atoms with Crippen molar-refractivity contribution in [3.63, 3.8) is 0 Å². The van der Waals surface area contributed by atoms with E-state index in [2.05, 4.69) is 41.6 Å². The van der Waals surface area contributed by atoms with E-state index in [0.29, 0.717) is 17.8 Å². The summed E-state index contributed by atoms with van der Waals surface area (Å²) in [5, 5.41) is 0. The molecular formula is C15H19ClN2O. The quantitative estimate of drug-likeness (QED) is 0.784. The number of hydrogen-bond acceptors (Lipinski definition) is 2. The van der Waals surface area contributed by atoms with Gasteiger partial charge in [-0.3, -0.25) is 0 Å². The predicted molar refractivity (Wildman–Crippen MR) is 77.7 cm³/mol. The number of aromatic nitrogens is 2. The molecule has 2 aromatic rings. The number of rotatable bonds is 2. The van der Waals surface area contributed by atoms with E-state index < -0.39 is 0 Å². The van der Waals surface area contributed by atoms with Crippen LogP contribution in [-0.2, 0) is 10.6 Å². The highest BCUT2D eigenvalue weighted by molar-refractivity contribution is 6.16. The maximum Gasteiger partial charge on any atom is 0.125 e. The number of imidazole rings is 1. The Kier molecular flexibility index (Phi) is 3.50. The minimum absolute atomic E-state index is 0.439. The molecule has 4 heteroatoms. The van der Waals surface area contributed by atoms with Gasteiger partial charge in [0.05, 0.1) is 23.5 Å². The molecule has 2 atom stereocenters. The van der Waals surface area contributed by atoms with Crippen LogP contribution in [0.15, 0.2) is 18.2 Å². The van der Waals surface area contributed by atoms with Gasteiger partial charge in [0.25, 0.3) is 0 Å². The topological polar surface area (TPSA) is 27.1 Å². The van der Waals surface area contributed by atoms with Crippen molar-refractivity contribution in [1.29, 1.82) is 0 Å². The monoisotopic (exact) mass is 278 g/mol. The lowest BCUT2D eigenvalue weighted by Crippen LogP contribution is -2.28. The summed E-state index contributed by atoms with van der Waals surface area (Å²) < 4.78 is 7.89. The van der Waals surface area contributed by atoms with E-state index in [9.17, 15) is 0 Å². The van der Waals surface area contributed by atoms with Crippen LogP contribution in [0.3, 0.4) is 0 Å². The highest BCUT2D eigenvalue weighted by atomic mass is 35.5. The van der Waals surface area contributed by atoms with Gasteiger partial charge in [-0.05, 0) is 31.0 Å². The molecule has 0 N–H and O–H groups in total. The van der Waals surface area contributed by atoms with E-state index in [1.54, 1.807) is 0 Å². The summed E-state index contributed by atoms with van der Waals surface area (Å²) in [6.45, 7) is 5.99. The van der Waals surface area contributed by atoms with Gasteiger partial charge in [0.1, 0.15) is 5.82 Å². The van der Waals surface area contributed by atoms with Crippen molar-refractivity contribution in [2.75, 3.05) is 13.2 Å². The van der Waals surface area contributed by atoms with Crippen LogP contribution < -0.4 is 0 Å². The SMILES string of the molecule is Cc1ccc2nc(CCl)n(C3CCOCC3C)c2c1. The molecule has 3 nitrogen and oxygen atoms in total. The van der Waals surface area contributed by atoms with Crippen LogP contribution in [0.5, 0.6) is 0 Å². The molecule has 19 heavy (non-hydrogen) atoms. The fraction of sp³-hybridized carbons (Fsp3) is 0.533. The zero-order valence-electron chi connectivity index (χ0n) is 11.4. The summed E-state index contributed by atoms with van der Waals surface area (Å²) in [4.78, 5) is 4.67. The molecule has 0 amide bonds. The summed E-state index contributed by atoms with van der Waals surface area (Å²) in [7, 11) is 0. The number of fused-ring (bicyclic) bond motifs is 1. The van der Waals surface area contributed by atoms with Crippen molar-refractivity contribution in [1.82, 2.24) is 9.55 Å². The Bertz CT molecular complexity index is 593. The van der Waals surface area contributed by atoms with Crippen molar-refractivity contribution < 1.29 is 4.74 Å². The number of halogens is 1. The number of aryl methyl sites for hydroxylation is 1. The first kappa shape index (κ1) is 12.9. The van der Waals surface area contributed by atoms with Gasteiger partial charge in [-0.2, -0.15) is 0 Å². The van der Waals surface area contributed by atoms with Crippen molar-refractivity contribution >= 4 is 22.6 Å². The maximum absolute atomic E-state index is 6.10. The fourth-order valence-corrected chi connectivity index (χ4v) is 3.16. The van der Waals surface area contributed by atoms with E-state index in [1.165, 1.54) is 11.1 Å². The lowest BCUT2D eigenvalue weighted by atomic mass is 9.97. The van der Waals surface area contributed by atoms with Gasteiger partial charge in [-0.25, -0.2) is 4.98 Å². The van der Waals surface area contributed by atoms with Gasteiger partial charge in [-0.1, -0.05) is 13.0 Å². The average molecular weight is 279 g/mol. The van der Waals surface area contributed by atoms with Crippen LogP contribution in [0.2, 0.25) is 0 Å². The number of hydrogen-bond donors (Lipinski definition) is 0. The van der Waals surface area contributed by atoms with E-state index in [0.717, 1.165) is 31.0 Å². The van der Waals surface area contributed by atoms with Gasteiger partial charge in [0, 0.05) is 18.6 Å². The Morgan fingerprint density at radius 2 is 2.32 bits per heavy atom. The van der Waals surface area contributed by atoms with Crippen molar-refractivity contribution in [2.45, 2.75) is 32.2 Å². The van der Waals surface area contributed by atoms with Crippen LogP contribution in [-0.4, -0.2) is 22.8 Å². The summed E-state index contributed by atoms with van der Waals surface area (Å²) in [6.07, 6.45) is 1.03. The van der Waals surface area contributed by atoms with Gasteiger partial charge in [-0.15, -0.1) is 11.6 Å². The molecule has 0 bridgehead atoms. The molecule has 0 spiro atoms. The van der Waals surface area contributed by atoms with E-state index in [1.807, 2.05) is 0 Å². The molecule has 1 aliphatic rings. The Morgan fingerprint density at radius 3 is 3.05 bits per heavy atom. The third-order valence-corrected chi connectivity index (χ3v) is 4.20. The van der Waals surface area contributed by atoms with Crippen LogP contribution in [0, 0.1) is 12.8 Å². The molecule has 3 rings (SSSR count). The minimum atomic E-state index is 0.439. The molecule has 1 saturated heterocycles. The van der Waals surface area contributed by atoms with Crippen LogP contribution in [0.1, 0.15) is 30.8 Å². The molecule has 1 aliphatic heterocycles. The van der Waals surface area contributed by atoms with Gasteiger partial charge in [0.2, 0.25) is 0 Å². The molecule has 0 saturated carbocycles. The average Bonchev–Trinajstić information content (AvgIpc) is 2.77. The summed E-state index contributed by atoms with van der Waals surface area (Å²) in [5.74, 6) is 1.92. The normalized spacial score (nSPS) is 23.9. The van der Waals surface area contributed by atoms with Crippen LogP contribution in [0.4, 0.5) is 0 Å². The second-order valence-corrected chi connectivity index (χ2v) is 5.70. The number of ether oxygens (including phenoxy) is 1. The van der Waals surface area contributed by atoms with Gasteiger partial charge in [0.15, 0.2) is 0 Å². The molecule has 1 aromatic carbocycles. The first-order valence-electron chi connectivity index (χ1n) is 6.82. The number of alkyl halides is 1. The zero-order valence-corrected chi connectivity index (χ0v) is 12.2. The van der Waals surface area contributed by atoms with Gasteiger partial charge >= 0.3 is 0 Å². The summed E-state index contributed by atoms with van der Waals surface area (Å²) in [6, 6.07) is 6.83. The van der Waals surface area contributed by atoms with E-state index in [-0.39, 0.29) is 0 Å². The third-order valence-electron chi connectivity index (χ3n) is 3.96. The lowest BCUT2D eigenvalue weighted by Gasteiger charge is -2.31. The molecule has 0 radical (unpaired) electrons. The molecule has 1 aromatic heterocycles. The standard InChI is InChI=1S/C15H19ClN2O/c1-10-3-4-12-14(7-10)18(15(8-16)17-12)13-5-6-19-9-11(13)2/h3-4,7,11,13H,5-6,8-9H2,1-2H3. The van der Waals surface area contributed by atoms with Crippen molar-refractivity contribution in [3.8, 4) is 0 Å². The highest BCUT2D eigenvalue weighted by Gasteiger charge is 2.27. The zero-order chi connectivity index (χ0) is 13.4. The molecule has 102 valence electrons. The Hall–Kier alpha value is -1.06. The lowest BCUT2D eigenvalue weighted by molar-refractivity contribution is 0.0292. The largest absolute Gasteiger partial charge is 0.381 e. The van der Waals surface area contributed by atoms with Gasteiger partial charge < -0.3 is 9.30 Å². The maximum atomic E-state index is 6.10. The van der Waals surface area contributed by atoms with Crippen molar-refractivity contribution in [3.05, 3.63) is 29.6 Å². The summed E-state index contributed by atoms with van der Waals surface area (Å²) in [5.41, 5.74) is 3.50. The number of benzene rings is 1. The highest BCUT2D eigenvalue weighted by Crippen LogP contribution is 2.32. The number of nitrogens with zero attached hydrogens (tertiary/aromatic N) is 2.